The number of nitrogens with one attached hydrogen (secondary N) is 3. The van der Waals surface area contributed by atoms with Crippen molar-refractivity contribution in [3.8, 4) is 0 Å². The molecule has 1 aliphatic rings. The number of esters is 1. The summed E-state index contributed by atoms with van der Waals surface area (Å²) in [5.74, 6) is -1.97. The van der Waals surface area contributed by atoms with Crippen LogP contribution in [-0.2, 0) is 39.8 Å². The number of hydrogen-bond acceptors (Lipinski definition) is 9. The fourth-order valence-corrected chi connectivity index (χ4v) is 7.58. The number of rotatable bonds is 21. The number of amides is 4. The zero-order valence-electron chi connectivity index (χ0n) is 34.2. The van der Waals surface area contributed by atoms with Crippen LogP contribution in [0.15, 0.2) is 24.3 Å². The van der Waals surface area contributed by atoms with Gasteiger partial charge in [-0.3, -0.25) is 19.2 Å². The van der Waals surface area contributed by atoms with E-state index in [1.54, 1.807) is 57.2 Å². The summed E-state index contributed by atoms with van der Waals surface area (Å²) in [4.78, 5) is 70.4. The number of likely N-dealkylation sites (N-methyl/N-ethyl adjacent to an activating group) is 2. The highest BCUT2D eigenvalue weighted by Crippen LogP contribution is 2.29. The van der Waals surface area contributed by atoms with Crippen LogP contribution in [0, 0.1) is 23.7 Å². The molecule has 1 aromatic carbocycles. The fourth-order valence-electron chi connectivity index (χ4n) is 7.58. The van der Waals surface area contributed by atoms with Gasteiger partial charge in [0.2, 0.25) is 23.6 Å². The van der Waals surface area contributed by atoms with Crippen molar-refractivity contribution in [3.63, 3.8) is 0 Å². The Morgan fingerprint density at radius 1 is 0.925 bits per heavy atom. The van der Waals surface area contributed by atoms with E-state index in [4.69, 9.17) is 14.2 Å². The molecular weight excluding hydrogens is 678 g/mol. The minimum absolute atomic E-state index is 0.0182. The van der Waals surface area contributed by atoms with Crippen LogP contribution in [0.2, 0.25) is 0 Å². The predicted molar refractivity (Wildman–Crippen MR) is 205 cm³/mol. The van der Waals surface area contributed by atoms with Crippen molar-refractivity contribution in [3.05, 3.63) is 35.4 Å². The van der Waals surface area contributed by atoms with Crippen LogP contribution in [0.1, 0.15) is 90.1 Å². The van der Waals surface area contributed by atoms with Gasteiger partial charge in [0, 0.05) is 34.4 Å². The maximum Gasteiger partial charge on any atom is 0.338 e. The zero-order valence-corrected chi connectivity index (χ0v) is 34.2. The van der Waals surface area contributed by atoms with E-state index < -0.39 is 42.2 Å². The molecule has 1 fully saturated rings. The monoisotopic (exact) mass is 745 g/mol. The van der Waals surface area contributed by atoms with Gasteiger partial charge in [0.1, 0.15) is 6.04 Å². The maximum absolute atomic E-state index is 14.1. The molecule has 0 aliphatic carbocycles. The smallest absolute Gasteiger partial charge is 0.338 e. The molecule has 1 aromatic rings. The van der Waals surface area contributed by atoms with Gasteiger partial charge in [-0.25, -0.2) is 4.79 Å². The van der Waals surface area contributed by atoms with E-state index in [1.165, 1.54) is 7.11 Å². The lowest BCUT2D eigenvalue weighted by molar-refractivity contribution is -0.147. The summed E-state index contributed by atoms with van der Waals surface area (Å²) in [6, 6.07) is 5.16. The summed E-state index contributed by atoms with van der Waals surface area (Å²) in [6.45, 7) is 14.4. The van der Waals surface area contributed by atoms with Crippen molar-refractivity contribution < 1.29 is 38.2 Å². The van der Waals surface area contributed by atoms with Gasteiger partial charge in [-0.15, -0.1) is 0 Å². The third-order valence-corrected chi connectivity index (χ3v) is 10.9. The number of carbonyl (C=O) groups is 5. The maximum atomic E-state index is 14.1. The molecule has 300 valence electrons. The molecule has 1 aliphatic heterocycles. The Labute approximate surface area is 317 Å². The molecule has 0 saturated carbocycles. The molecule has 1 heterocycles. The molecule has 0 aromatic heterocycles. The highest BCUT2D eigenvalue weighted by Gasteiger charge is 2.43. The summed E-state index contributed by atoms with van der Waals surface area (Å²) in [6.07, 6.45) is 1.49. The van der Waals surface area contributed by atoms with Crippen LogP contribution in [0.25, 0.3) is 0 Å². The Balaban J connectivity index is 2.20. The van der Waals surface area contributed by atoms with Crippen molar-refractivity contribution >= 4 is 29.6 Å². The number of benzene rings is 1. The Morgan fingerprint density at radius 3 is 2.11 bits per heavy atom. The zero-order chi connectivity index (χ0) is 40.0. The normalized spacial score (nSPS) is 18.5. The van der Waals surface area contributed by atoms with Crippen molar-refractivity contribution in [2.24, 2.45) is 23.7 Å². The van der Waals surface area contributed by atoms with Gasteiger partial charge >= 0.3 is 5.97 Å². The summed E-state index contributed by atoms with van der Waals surface area (Å²) in [5, 5.41) is 9.01. The standard InChI is InChI=1S/C40H67N5O8/c1-13-26(6)35(44(9)39(49)34(25(4)5)43-38(48)33(41-8)24(2)3)31(51-10)23-32(46)45-22-16-19-30(45)36(52-11)27(7)37(47)42-21-20-28-17-14-15-18-29(28)40(50)53-12/h14-15,17-18,24-27,30-31,33-36,41H,13,16,19-23H2,1-12H3,(H,42,47)(H,43,48). The summed E-state index contributed by atoms with van der Waals surface area (Å²) in [5.41, 5.74) is 1.24. The van der Waals surface area contributed by atoms with E-state index in [-0.39, 0.29) is 53.8 Å². The number of hydrogen-bond donors (Lipinski definition) is 3. The van der Waals surface area contributed by atoms with Gasteiger partial charge in [0.05, 0.1) is 55.3 Å². The average Bonchev–Trinajstić information content (AvgIpc) is 3.62. The molecule has 53 heavy (non-hydrogen) atoms. The second-order valence-electron chi connectivity index (χ2n) is 15.0. The van der Waals surface area contributed by atoms with Gasteiger partial charge in [0.15, 0.2) is 0 Å². The van der Waals surface area contributed by atoms with Crippen LogP contribution in [-0.4, -0.2) is 124 Å². The summed E-state index contributed by atoms with van der Waals surface area (Å²) < 4.78 is 16.8. The van der Waals surface area contributed by atoms with Gasteiger partial charge < -0.3 is 40.0 Å². The number of methoxy groups -OCH3 is 3. The highest BCUT2D eigenvalue weighted by atomic mass is 16.5. The predicted octanol–water partition coefficient (Wildman–Crippen LogP) is 3.44. The van der Waals surface area contributed by atoms with Crippen molar-refractivity contribution in [1.82, 2.24) is 25.8 Å². The van der Waals surface area contributed by atoms with Gasteiger partial charge in [-0.2, -0.15) is 0 Å². The molecule has 3 N–H and O–H groups in total. The highest BCUT2D eigenvalue weighted by molar-refractivity contribution is 5.91. The van der Waals surface area contributed by atoms with Crippen molar-refractivity contribution in [1.29, 1.82) is 0 Å². The third-order valence-electron chi connectivity index (χ3n) is 10.9. The molecule has 0 radical (unpaired) electrons. The molecule has 13 nitrogen and oxygen atoms in total. The molecule has 0 spiro atoms. The molecule has 1 saturated heterocycles. The minimum Gasteiger partial charge on any atom is -0.465 e. The number of likely N-dealkylation sites (tertiary alicyclic amines) is 1. The SMILES string of the molecule is CCC(C)C(C(CC(=O)N1CCCC1C(OC)C(C)C(=O)NCCc1ccccc1C(=O)OC)OC)N(C)C(=O)C(NC(=O)C(NC)C(C)C)C(C)C. The number of ether oxygens (including phenoxy) is 3. The Morgan fingerprint density at radius 2 is 1.57 bits per heavy atom. The lowest BCUT2D eigenvalue weighted by atomic mass is 9.89. The van der Waals surface area contributed by atoms with Crippen LogP contribution >= 0.6 is 0 Å². The Kier molecular flexibility index (Phi) is 18.9. The van der Waals surface area contributed by atoms with Crippen LogP contribution in [0.3, 0.4) is 0 Å². The van der Waals surface area contributed by atoms with E-state index in [0.717, 1.165) is 18.4 Å². The van der Waals surface area contributed by atoms with Crippen LogP contribution in [0.4, 0.5) is 0 Å². The molecule has 2 rings (SSSR count). The number of nitrogens with zero attached hydrogens (tertiary/aromatic N) is 2. The average molecular weight is 746 g/mol. The minimum atomic E-state index is -0.762. The largest absolute Gasteiger partial charge is 0.465 e. The Hall–Kier alpha value is -3.55. The fraction of sp³-hybridized carbons (Fsp3) is 0.725. The summed E-state index contributed by atoms with van der Waals surface area (Å²) >= 11 is 0. The quantitative estimate of drug-likeness (QED) is 0.161. The van der Waals surface area contributed by atoms with Crippen LogP contribution in [0.5, 0.6) is 0 Å². The second kappa shape index (κ2) is 22.0. The first-order valence-electron chi connectivity index (χ1n) is 19.1. The third kappa shape index (κ3) is 12.0. The Bertz CT molecular complexity index is 1360. The van der Waals surface area contributed by atoms with Crippen LogP contribution < -0.4 is 16.0 Å². The lowest BCUT2D eigenvalue weighted by Gasteiger charge is -2.41. The van der Waals surface area contributed by atoms with E-state index in [1.807, 2.05) is 53.7 Å². The topological polar surface area (TPSA) is 156 Å². The van der Waals surface area contributed by atoms with E-state index in [2.05, 4.69) is 16.0 Å². The van der Waals surface area contributed by atoms with Gasteiger partial charge in [0.25, 0.3) is 0 Å². The first-order valence-corrected chi connectivity index (χ1v) is 19.1. The van der Waals surface area contributed by atoms with Gasteiger partial charge in [-0.05, 0) is 55.7 Å². The molecule has 0 bridgehead atoms. The molecule has 8 unspecified atom stereocenters. The molecule has 13 heteroatoms. The molecule has 4 amide bonds. The van der Waals surface area contributed by atoms with E-state index in [9.17, 15) is 24.0 Å². The van der Waals surface area contributed by atoms with Crippen molar-refractivity contribution in [2.75, 3.05) is 48.5 Å². The van der Waals surface area contributed by atoms with Crippen molar-refractivity contribution in [2.45, 2.75) is 117 Å². The van der Waals surface area contributed by atoms with Gasteiger partial charge in [-0.1, -0.05) is 73.1 Å². The second-order valence-corrected chi connectivity index (χ2v) is 15.0. The number of carbonyl (C=O) groups excluding carboxylic acids is 5. The van der Waals surface area contributed by atoms with E-state index in [0.29, 0.717) is 31.5 Å². The molecular formula is C40H67N5O8. The first kappa shape index (κ1) is 45.6. The molecule has 8 atom stereocenters. The first-order chi connectivity index (χ1) is 25.1. The van der Waals surface area contributed by atoms with E-state index >= 15 is 0 Å². The lowest BCUT2D eigenvalue weighted by Crippen LogP contribution is -2.59. The summed E-state index contributed by atoms with van der Waals surface area (Å²) in [7, 11) is 7.91.